The van der Waals surface area contributed by atoms with Gasteiger partial charge in [0.25, 0.3) is 0 Å². The Balaban J connectivity index is 2.13. The summed E-state index contributed by atoms with van der Waals surface area (Å²) < 4.78 is 0. The van der Waals surface area contributed by atoms with Crippen molar-refractivity contribution in [1.82, 2.24) is 5.32 Å². The summed E-state index contributed by atoms with van der Waals surface area (Å²) in [5, 5.41) is 14.2. The minimum Gasteiger partial charge on any atom is -0.478 e. The van der Waals surface area contributed by atoms with Gasteiger partial charge in [-0.15, -0.1) is 0 Å². The molecule has 2 aromatic carbocycles. The van der Waals surface area contributed by atoms with Gasteiger partial charge in [0.1, 0.15) is 6.04 Å². The summed E-state index contributed by atoms with van der Waals surface area (Å²) >= 11 is 0. The Bertz CT molecular complexity index is 773. The average molecular weight is 355 g/mol. The van der Waals surface area contributed by atoms with E-state index in [0.717, 1.165) is 5.56 Å². The molecule has 136 valence electrons. The quantitative estimate of drug-likeness (QED) is 0.598. The van der Waals surface area contributed by atoms with Gasteiger partial charge in [0.2, 0.25) is 11.8 Å². The van der Waals surface area contributed by atoms with E-state index in [1.54, 1.807) is 0 Å². The van der Waals surface area contributed by atoms with Crippen molar-refractivity contribution in [3.63, 3.8) is 0 Å². The molecule has 26 heavy (non-hydrogen) atoms. The van der Waals surface area contributed by atoms with Crippen molar-refractivity contribution < 1.29 is 19.5 Å². The number of nitrogens with two attached hydrogens (primary N) is 1. The lowest BCUT2D eigenvalue weighted by Crippen LogP contribution is -2.50. The molecule has 2 aromatic rings. The Morgan fingerprint density at radius 3 is 2.15 bits per heavy atom. The Hall–Kier alpha value is -3.19. The number of benzene rings is 2. The highest BCUT2D eigenvalue weighted by molar-refractivity contribution is 5.98. The van der Waals surface area contributed by atoms with Gasteiger partial charge in [0, 0.05) is 12.1 Å². The highest BCUT2D eigenvalue weighted by Gasteiger charge is 2.23. The standard InChI is InChI=1S/C19H21N3O4/c1-12(20)17(23)22-16(11-13-5-3-2-4-6-13)18(24)21-15-9-7-14(8-10-15)19(25)26/h2-10,12,16H,11,20H2,1H3,(H,21,24)(H,22,23)(H,25,26). The van der Waals surface area contributed by atoms with Crippen molar-refractivity contribution in [3.05, 3.63) is 65.7 Å². The van der Waals surface area contributed by atoms with Gasteiger partial charge in [0.05, 0.1) is 11.6 Å². The number of carbonyl (C=O) groups excluding carboxylic acids is 2. The lowest BCUT2D eigenvalue weighted by Gasteiger charge is -2.20. The maximum absolute atomic E-state index is 12.6. The van der Waals surface area contributed by atoms with Gasteiger partial charge in [-0.05, 0) is 36.8 Å². The van der Waals surface area contributed by atoms with Crippen LogP contribution in [0.15, 0.2) is 54.6 Å². The molecule has 0 saturated carbocycles. The molecule has 7 heteroatoms. The lowest BCUT2D eigenvalue weighted by atomic mass is 10.0. The van der Waals surface area contributed by atoms with E-state index in [0.29, 0.717) is 12.1 Å². The summed E-state index contributed by atoms with van der Waals surface area (Å²) in [6.45, 7) is 1.54. The van der Waals surface area contributed by atoms with E-state index in [1.807, 2.05) is 30.3 Å². The van der Waals surface area contributed by atoms with E-state index in [-0.39, 0.29) is 5.56 Å². The normalized spacial score (nSPS) is 12.7. The molecule has 0 aliphatic rings. The van der Waals surface area contributed by atoms with Crippen LogP contribution in [0.4, 0.5) is 5.69 Å². The summed E-state index contributed by atoms with van der Waals surface area (Å²) in [4.78, 5) is 35.4. The molecule has 2 rings (SSSR count). The van der Waals surface area contributed by atoms with Crippen LogP contribution in [0.2, 0.25) is 0 Å². The molecule has 0 fully saturated rings. The monoisotopic (exact) mass is 355 g/mol. The molecule has 0 radical (unpaired) electrons. The van der Waals surface area contributed by atoms with Gasteiger partial charge in [-0.25, -0.2) is 4.79 Å². The van der Waals surface area contributed by atoms with Gasteiger partial charge >= 0.3 is 5.97 Å². The molecule has 0 aromatic heterocycles. The molecule has 0 bridgehead atoms. The van der Waals surface area contributed by atoms with Crippen LogP contribution in [0.1, 0.15) is 22.8 Å². The summed E-state index contributed by atoms with van der Waals surface area (Å²) in [6, 6.07) is 13.5. The maximum atomic E-state index is 12.6. The van der Waals surface area contributed by atoms with Crippen LogP contribution in [-0.2, 0) is 16.0 Å². The topological polar surface area (TPSA) is 122 Å². The molecule has 0 spiro atoms. The lowest BCUT2D eigenvalue weighted by molar-refractivity contribution is -0.127. The number of carboxylic acid groups (broad SMARTS) is 1. The molecule has 7 nitrogen and oxygen atoms in total. The second-order valence-corrected chi connectivity index (χ2v) is 5.91. The van der Waals surface area contributed by atoms with Gasteiger partial charge in [-0.1, -0.05) is 30.3 Å². The Kier molecular flexibility index (Phi) is 6.46. The fourth-order valence-corrected chi connectivity index (χ4v) is 2.29. The number of carboxylic acids is 1. The van der Waals surface area contributed by atoms with E-state index in [4.69, 9.17) is 10.8 Å². The molecule has 2 amide bonds. The Morgan fingerprint density at radius 1 is 1.00 bits per heavy atom. The summed E-state index contributed by atoms with van der Waals surface area (Å²) in [6.07, 6.45) is 0.304. The third kappa shape index (κ3) is 5.42. The predicted molar refractivity (Wildman–Crippen MR) is 97.8 cm³/mol. The van der Waals surface area contributed by atoms with Crippen LogP contribution in [0.3, 0.4) is 0 Å². The zero-order valence-electron chi connectivity index (χ0n) is 14.3. The summed E-state index contributed by atoms with van der Waals surface area (Å²) in [5.74, 6) is -1.89. The number of hydrogen-bond donors (Lipinski definition) is 4. The van der Waals surface area contributed by atoms with Crippen molar-refractivity contribution >= 4 is 23.5 Å². The van der Waals surface area contributed by atoms with Crippen LogP contribution in [0.25, 0.3) is 0 Å². The van der Waals surface area contributed by atoms with E-state index in [1.165, 1.54) is 31.2 Å². The van der Waals surface area contributed by atoms with Crippen LogP contribution >= 0.6 is 0 Å². The molecule has 0 heterocycles. The molecular weight excluding hydrogens is 334 g/mol. The SMILES string of the molecule is CC(N)C(=O)NC(Cc1ccccc1)C(=O)Nc1ccc(C(=O)O)cc1. The first kappa shape index (κ1) is 19.1. The third-order valence-electron chi connectivity index (χ3n) is 3.73. The first-order chi connectivity index (χ1) is 12.4. The van der Waals surface area contributed by atoms with Crippen LogP contribution in [0.5, 0.6) is 0 Å². The summed E-state index contributed by atoms with van der Waals surface area (Å²) in [5.41, 5.74) is 7.02. The van der Waals surface area contributed by atoms with Crippen LogP contribution < -0.4 is 16.4 Å². The van der Waals surface area contributed by atoms with Gasteiger partial charge in [-0.3, -0.25) is 9.59 Å². The third-order valence-corrected chi connectivity index (χ3v) is 3.73. The van der Waals surface area contributed by atoms with Gasteiger partial charge in [-0.2, -0.15) is 0 Å². The fraction of sp³-hybridized carbons (Fsp3) is 0.211. The second-order valence-electron chi connectivity index (χ2n) is 5.91. The number of aromatic carboxylic acids is 1. The van der Waals surface area contributed by atoms with Crippen molar-refractivity contribution in [3.8, 4) is 0 Å². The molecule has 0 saturated heterocycles. The number of anilines is 1. The van der Waals surface area contributed by atoms with E-state index in [2.05, 4.69) is 10.6 Å². The van der Waals surface area contributed by atoms with Gasteiger partial charge in [0.15, 0.2) is 0 Å². The van der Waals surface area contributed by atoms with Crippen LogP contribution in [0, 0.1) is 0 Å². The summed E-state index contributed by atoms with van der Waals surface area (Å²) in [7, 11) is 0. The highest BCUT2D eigenvalue weighted by atomic mass is 16.4. The van der Waals surface area contributed by atoms with Crippen molar-refractivity contribution in [1.29, 1.82) is 0 Å². The van der Waals surface area contributed by atoms with E-state index in [9.17, 15) is 14.4 Å². The molecular formula is C19H21N3O4. The van der Waals surface area contributed by atoms with Crippen molar-refractivity contribution in [2.45, 2.75) is 25.4 Å². The minimum absolute atomic E-state index is 0.120. The number of carbonyl (C=O) groups is 3. The highest BCUT2D eigenvalue weighted by Crippen LogP contribution is 2.11. The Morgan fingerprint density at radius 2 is 1.62 bits per heavy atom. The Labute approximate surface area is 151 Å². The minimum atomic E-state index is -1.05. The largest absolute Gasteiger partial charge is 0.478 e. The second kappa shape index (κ2) is 8.77. The average Bonchev–Trinajstić information content (AvgIpc) is 2.62. The molecule has 0 aliphatic heterocycles. The first-order valence-electron chi connectivity index (χ1n) is 8.11. The molecule has 2 unspecified atom stereocenters. The van der Waals surface area contributed by atoms with E-state index >= 15 is 0 Å². The zero-order chi connectivity index (χ0) is 19.1. The van der Waals surface area contributed by atoms with E-state index < -0.39 is 29.9 Å². The number of rotatable bonds is 7. The smallest absolute Gasteiger partial charge is 0.335 e. The predicted octanol–water partition coefficient (Wildman–Crippen LogP) is 1.40. The molecule has 0 aliphatic carbocycles. The van der Waals surface area contributed by atoms with Gasteiger partial charge < -0.3 is 21.5 Å². The van der Waals surface area contributed by atoms with Crippen molar-refractivity contribution in [2.24, 2.45) is 5.73 Å². The number of amides is 2. The number of nitrogens with one attached hydrogen (secondary N) is 2. The molecule has 5 N–H and O–H groups in total. The maximum Gasteiger partial charge on any atom is 0.335 e. The van der Waals surface area contributed by atoms with Crippen molar-refractivity contribution in [2.75, 3.05) is 5.32 Å². The van der Waals surface area contributed by atoms with Crippen LogP contribution in [-0.4, -0.2) is 35.0 Å². The molecule has 2 atom stereocenters. The first-order valence-corrected chi connectivity index (χ1v) is 8.11. The fourth-order valence-electron chi connectivity index (χ4n) is 2.29. The number of hydrogen-bond acceptors (Lipinski definition) is 4. The zero-order valence-corrected chi connectivity index (χ0v) is 14.3.